The summed E-state index contributed by atoms with van der Waals surface area (Å²) in [6.45, 7) is 2.06. The van der Waals surface area contributed by atoms with E-state index in [4.69, 9.17) is 14.9 Å². The van der Waals surface area contributed by atoms with Gasteiger partial charge in [0, 0.05) is 30.8 Å². The molecule has 8 nitrogen and oxygen atoms in total. The molecular weight excluding hydrogens is 487 g/mol. The normalized spacial score (nSPS) is 17.8. The Morgan fingerprint density at radius 3 is 2.68 bits per heavy atom. The summed E-state index contributed by atoms with van der Waals surface area (Å²) in [4.78, 5) is 34.3. The first kappa shape index (κ1) is 26.2. The van der Waals surface area contributed by atoms with Gasteiger partial charge in [0.15, 0.2) is 0 Å². The number of hydrogen-bond acceptors (Lipinski definition) is 4. The Kier molecular flexibility index (Phi) is 7.80. The van der Waals surface area contributed by atoms with Gasteiger partial charge in [-0.25, -0.2) is 14.8 Å². The highest BCUT2D eigenvalue weighted by molar-refractivity contribution is 5.76. The van der Waals surface area contributed by atoms with Crippen LogP contribution in [0.5, 0.6) is 0 Å². The van der Waals surface area contributed by atoms with E-state index in [0.717, 1.165) is 53.9 Å². The number of alkyl halides is 3. The molecule has 196 valence electrons. The number of carboxylic acids is 1. The molecule has 1 aliphatic rings. The lowest BCUT2D eigenvalue weighted by molar-refractivity contribution is -0.192. The van der Waals surface area contributed by atoms with E-state index in [-0.39, 0.29) is 11.9 Å². The number of H-pyrrole nitrogens is 1. The summed E-state index contributed by atoms with van der Waals surface area (Å²) in [7, 11) is 0. The number of para-hydroxylation sites is 2. The lowest BCUT2D eigenvalue weighted by atomic mass is 9.85. The van der Waals surface area contributed by atoms with E-state index in [1.807, 2.05) is 35.0 Å². The number of pyridine rings is 1. The first-order valence-electron chi connectivity index (χ1n) is 12.1. The van der Waals surface area contributed by atoms with E-state index in [1.165, 1.54) is 5.56 Å². The van der Waals surface area contributed by atoms with Crippen molar-refractivity contribution in [3.05, 3.63) is 65.9 Å². The summed E-state index contributed by atoms with van der Waals surface area (Å²) in [5.41, 5.74) is 5.18. The summed E-state index contributed by atoms with van der Waals surface area (Å²) < 4.78 is 33.7. The summed E-state index contributed by atoms with van der Waals surface area (Å²) >= 11 is 0. The van der Waals surface area contributed by atoms with Crippen LogP contribution in [0.15, 0.2) is 48.8 Å². The molecule has 0 radical (unpaired) electrons. The molecule has 0 saturated heterocycles. The number of carbonyl (C=O) groups is 2. The number of fused-ring (bicyclic) bond motifs is 2. The van der Waals surface area contributed by atoms with Gasteiger partial charge >= 0.3 is 12.1 Å². The monoisotopic (exact) mass is 515 g/mol. The van der Waals surface area contributed by atoms with Crippen molar-refractivity contribution in [2.75, 3.05) is 0 Å². The maximum Gasteiger partial charge on any atom is 0.490 e. The number of nitrogens with zero attached hydrogens (tertiary/aromatic N) is 3. The molecule has 3 N–H and O–H groups in total. The van der Waals surface area contributed by atoms with Crippen LogP contribution in [-0.4, -0.2) is 48.6 Å². The van der Waals surface area contributed by atoms with E-state index in [1.54, 1.807) is 0 Å². The topological polar surface area (TPSA) is 112 Å². The van der Waals surface area contributed by atoms with Crippen LogP contribution in [0.3, 0.4) is 0 Å². The molecule has 37 heavy (non-hydrogen) atoms. The lowest BCUT2D eigenvalue weighted by Gasteiger charge is -2.28. The summed E-state index contributed by atoms with van der Waals surface area (Å²) in [6.07, 6.45) is 4.28. The smallest absolute Gasteiger partial charge is 0.475 e. The van der Waals surface area contributed by atoms with Crippen molar-refractivity contribution in [3.8, 4) is 0 Å². The fourth-order valence-corrected chi connectivity index (χ4v) is 4.53. The van der Waals surface area contributed by atoms with Crippen molar-refractivity contribution in [2.24, 2.45) is 0 Å². The molecule has 5 rings (SSSR count). The van der Waals surface area contributed by atoms with Crippen LogP contribution in [0.2, 0.25) is 0 Å². The number of rotatable bonds is 5. The highest BCUT2D eigenvalue weighted by Gasteiger charge is 2.38. The maximum atomic E-state index is 12.6. The number of imidazole rings is 2. The summed E-state index contributed by atoms with van der Waals surface area (Å²) in [5.74, 6) is -1.22. The van der Waals surface area contributed by atoms with E-state index in [0.29, 0.717) is 18.8 Å². The third-order valence-electron chi connectivity index (χ3n) is 6.35. The minimum atomic E-state index is -5.08. The number of amides is 1. The van der Waals surface area contributed by atoms with Crippen molar-refractivity contribution >= 4 is 28.6 Å². The van der Waals surface area contributed by atoms with Crippen molar-refractivity contribution in [3.63, 3.8) is 0 Å². The van der Waals surface area contributed by atoms with Gasteiger partial charge in [0.05, 0.1) is 16.7 Å². The van der Waals surface area contributed by atoms with Crippen LogP contribution < -0.4 is 5.32 Å². The van der Waals surface area contributed by atoms with Crippen molar-refractivity contribution in [1.82, 2.24) is 24.7 Å². The van der Waals surface area contributed by atoms with Crippen molar-refractivity contribution < 1.29 is 27.9 Å². The molecule has 1 fully saturated rings. The van der Waals surface area contributed by atoms with Crippen LogP contribution >= 0.6 is 0 Å². The molecule has 2 unspecified atom stereocenters. The molecule has 1 aliphatic carbocycles. The van der Waals surface area contributed by atoms with Gasteiger partial charge < -0.3 is 19.8 Å². The predicted octanol–water partition coefficient (Wildman–Crippen LogP) is 4.93. The Labute approximate surface area is 210 Å². The minimum Gasteiger partial charge on any atom is -0.475 e. The maximum absolute atomic E-state index is 12.6. The first-order chi connectivity index (χ1) is 17.6. The number of aliphatic carboxylic acids is 1. The SMILES string of the molecule is Cc1ccn2cc(CCC(=O)NC3CCCC(c4nc5ccccc5[nH]4)C3)nc2c1.O=C(O)C(F)(F)F. The number of aromatic amines is 1. The Morgan fingerprint density at radius 1 is 1.19 bits per heavy atom. The minimum absolute atomic E-state index is 0.110. The zero-order valence-electron chi connectivity index (χ0n) is 20.3. The van der Waals surface area contributed by atoms with Crippen LogP contribution in [0.1, 0.15) is 55.1 Å². The van der Waals surface area contributed by atoms with E-state index in [2.05, 4.69) is 40.4 Å². The average Bonchev–Trinajstić information content (AvgIpc) is 3.46. The Morgan fingerprint density at radius 2 is 1.95 bits per heavy atom. The van der Waals surface area contributed by atoms with Gasteiger partial charge in [-0.05, 0) is 62.4 Å². The number of halogens is 3. The summed E-state index contributed by atoms with van der Waals surface area (Å²) in [6, 6.07) is 12.5. The van der Waals surface area contributed by atoms with Crippen LogP contribution in [0.25, 0.3) is 16.7 Å². The molecule has 4 aromatic rings. The average molecular weight is 516 g/mol. The number of nitrogens with one attached hydrogen (secondary N) is 2. The van der Waals surface area contributed by atoms with Crippen LogP contribution in [0.4, 0.5) is 13.2 Å². The highest BCUT2D eigenvalue weighted by atomic mass is 19.4. The van der Waals surface area contributed by atoms with E-state index in [9.17, 15) is 18.0 Å². The molecule has 0 spiro atoms. The molecule has 0 aliphatic heterocycles. The molecule has 1 amide bonds. The van der Waals surface area contributed by atoms with Crippen LogP contribution in [-0.2, 0) is 16.0 Å². The standard InChI is InChI=1S/C24H27N5O.C2HF3O2/c1-16-11-12-29-15-19(25-22(29)13-16)9-10-23(30)26-18-6-4-5-17(14-18)24-27-20-7-2-3-8-21(20)28-24;3-2(4,5)1(6)7/h2-3,7-8,11-13,15,17-18H,4-6,9-10,14H2,1H3,(H,26,30)(H,27,28);(H,6,7). The predicted molar refractivity (Wildman–Crippen MR) is 131 cm³/mol. The molecular formula is C26H28F3N5O3. The lowest BCUT2D eigenvalue weighted by Crippen LogP contribution is -2.38. The van der Waals surface area contributed by atoms with Gasteiger partial charge in [-0.1, -0.05) is 18.6 Å². The highest BCUT2D eigenvalue weighted by Crippen LogP contribution is 2.32. The van der Waals surface area contributed by atoms with Gasteiger partial charge in [-0.3, -0.25) is 4.79 Å². The number of hydrogen-bond donors (Lipinski definition) is 3. The molecule has 11 heteroatoms. The third kappa shape index (κ3) is 6.87. The number of aryl methyl sites for hydroxylation is 2. The Bertz CT molecular complexity index is 1360. The van der Waals surface area contributed by atoms with Gasteiger partial charge in [-0.2, -0.15) is 13.2 Å². The fourth-order valence-electron chi connectivity index (χ4n) is 4.53. The second-order valence-corrected chi connectivity index (χ2v) is 9.27. The quantitative estimate of drug-likeness (QED) is 0.349. The molecule has 0 bridgehead atoms. The second-order valence-electron chi connectivity index (χ2n) is 9.27. The Balaban J connectivity index is 0.000000405. The van der Waals surface area contributed by atoms with Gasteiger partial charge in [0.2, 0.25) is 5.91 Å². The van der Waals surface area contributed by atoms with Gasteiger partial charge in [0.25, 0.3) is 0 Å². The van der Waals surface area contributed by atoms with Crippen molar-refractivity contribution in [2.45, 2.75) is 63.6 Å². The van der Waals surface area contributed by atoms with Gasteiger partial charge in [-0.15, -0.1) is 0 Å². The van der Waals surface area contributed by atoms with Gasteiger partial charge in [0.1, 0.15) is 11.5 Å². The first-order valence-corrected chi connectivity index (χ1v) is 12.1. The van der Waals surface area contributed by atoms with E-state index >= 15 is 0 Å². The second kappa shape index (κ2) is 11.0. The molecule has 1 saturated carbocycles. The molecule has 3 aromatic heterocycles. The summed E-state index contributed by atoms with van der Waals surface area (Å²) in [5, 5.41) is 10.4. The third-order valence-corrected chi connectivity index (χ3v) is 6.35. The zero-order chi connectivity index (χ0) is 26.6. The molecule has 2 atom stereocenters. The number of aromatic nitrogens is 4. The van der Waals surface area contributed by atoms with Crippen molar-refractivity contribution in [1.29, 1.82) is 0 Å². The zero-order valence-corrected chi connectivity index (χ0v) is 20.3. The largest absolute Gasteiger partial charge is 0.490 e. The van der Waals surface area contributed by atoms with Crippen LogP contribution in [0, 0.1) is 6.92 Å². The van der Waals surface area contributed by atoms with E-state index < -0.39 is 12.1 Å². The molecule has 3 heterocycles. The number of carboxylic acid groups (broad SMARTS) is 1. The molecule has 1 aromatic carbocycles. The number of carbonyl (C=O) groups excluding carboxylic acids is 1. The Hall–Kier alpha value is -3.89. The number of benzene rings is 1. The fraction of sp³-hybridized carbons (Fsp3) is 0.385.